The lowest BCUT2D eigenvalue weighted by Crippen LogP contribution is -2.08. The number of nitrogens with two attached hydrogens (primary N) is 1. The minimum atomic E-state index is -4.28. The summed E-state index contributed by atoms with van der Waals surface area (Å²) in [6.07, 6.45) is 42.5. The summed E-state index contributed by atoms with van der Waals surface area (Å²) in [7, 11) is -4.28. The van der Waals surface area contributed by atoms with Crippen LogP contribution in [0.1, 0.15) is 212 Å². The van der Waals surface area contributed by atoms with Gasteiger partial charge in [-0.1, -0.05) is 198 Å². The minimum Gasteiger partial charge on any atom is -0.330 e. The van der Waals surface area contributed by atoms with Crippen molar-refractivity contribution in [3.05, 3.63) is 53.6 Å². The van der Waals surface area contributed by atoms with Crippen molar-refractivity contribution in [2.45, 2.75) is 218 Å². The van der Waals surface area contributed by atoms with E-state index in [1.165, 1.54) is 161 Å². The molecule has 4 nitrogen and oxygen atoms in total. The number of hydrogen-bond donors (Lipinski definition) is 2. The van der Waals surface area contributed by atoms with Crippen LogP contribution < -0.4 is 5.73 Å². The van der Waals surface area contributed by atoms with Gasteiger partial charge in [0.05, 0.1) is 0 Å². The third-order valence-corrected chi connectivity index (χ3v) is 11.2. The SMILES string of the molecule is CCCCCCCC/C=C\CCCCCCCCN.CCCCCCCCCc1cc2ccccc2c(S(=O)(=O)O)c1CCCCCCCCC. The van der Waals surface area contributed by atoms with E-state index in [1.807, 2.05) is 24.3 Å². The molecule has 0 heterocycles. The predicted molar refractivity (Wildman–Crippen MR) is 226 cm³/mol. The van der Waals surface area contributed by atoms with Crippen LogP contribution in [0.3, 0.4) is 0 Å². The third kappa shape index (κ3) is 24.3. The zero-order chi connectivity index (χ0) is 37.3. The fraction of sp³-hybridized carbons (Fsp3) is 0.739. The maximum absolute atomic E-state index is 12.5. The normalized spacial score (nSPS) is 11.8. The number of hydrogen-bond acceptors (Lipinski definition) is 3. The predicted octanol–water partition coefficient (Wildman–Crippen LogP) is 14.7. The summed E-state index contributed by atoms with van der Waals surface area (Å²) in [6, 6.07) is 9.73. The Morgan fingerprint density at radius 2 is 0.961 bits per heavy atom. The van der Waals surface area contributed by atoms with Gasteiger partial charge in [0.2, 0.25) is 0 Å². The highest BCUT2D eigenvalue weighted by atomic mass is 32.2. The highest BCUT2D eigenvalue weighted by Crippen LogP contribution is 2.32. The zero-order valence-corrected chi connectivity index (χ0v) is 34.5. The fourth-order valence-electron chi connectivity index (χ4n) is 7.13. The maximum atomic E-state index is 12.5. The van der Waals surface area contributed by atoms with Crippen LogP contribution in [-0.4, -0.2) is 19.5 Å². The van der Waals surface area contributed by atoms with Crippen LogP contribution in [0.4, 0.5) is 0 Å². The van der Waals surface area contributed by atoms with Gasteiger partial charge in [-0.3, -0.25) is 4.55 Å². The first-order chi connectivity index (χ1) is 24.9. The van der Waals surface area contributed by atoms with Crippen molar-refractivity contribution >= 4 is 20.9 Å². The smallest absolute Gasteiger partial charge is 0.295 e. The Bertz CT molecular complexity index is 1220. The summed E-state index contributed by atoms with van der Waals surface area (Å²) in [5.74, 6) is 0. The largest absolute Gasteiger partial charge is 0.330 e. The van der Waals surface area contributed by atoms with E-state index in [0.29, 0.717) is 5.39 Å². The van der Waals surface area contributed by atoms with Gasteiger partial charge in [0.15, 0.2) is 0 Å². The monoisotopic (exact) mass is 728 g/mol. The van der Waals surface area contributed by atoms with Crippen LogP contribution in [0.2, 0.25) is 0 Å². The van der Waals surface area contributed by atoms with Gasteiger partial charge >= 0.3 is 0 Å². The van der Waals surface area contributed by atoms with Crippen molar-refractivity contribution in [1.82, 2.24) is 0 Å². The van der Waals surface area contributed by atoms with Crippen molar-refractivity contribution in [1.29, 1.82) is 0 Å². The molecule has 0 aliphatic heterocycles. The van der Waals surface area contributed by atoms with E-state index in [1.54, 1.807) is 0 Å². The van der Waals surface area contributed by atoms with Crippen LogP contribution in [0.15, 0.2) is 47.4 Å². The van der Waals surface area contributed by atoms with Crippen molar-refractivity contribution < 1.29 is 13.0 Å². The number of allylic oxidation sites excluding steroid dienone is 2. The molecule has 51 heavy (non-hydrogen) atoms. The summed E-state index contributed by atoms with van der Waals surface area (Å²) in [6.45, 7) is 7.60. The lowest BCUT2D eigenvalue weighted by atomic mass is 9.93. The Morgan fingerprint density at radius 1 is 0.549 bits per heavy atom. The molecular formula is C46H81NO3S. The Balaban J connectivity index is 0.000000586. The molecule has 0 fully saturated rings. The molecule has 0 unspecified atom stereocenters. The zero-order valence-electron chi connectivity index (χ0n) is 33.7. The van der Waals surface area contributed by atoms with Gasteiger partial charge in [0.1, 0.15) is 4.90 Å². The summed E-state index contributed by atoms with van der Waals surface area (Å²) < 4.78 is 35.1. The summed E-state index contributed by atoms with van der Waals surface area (Å²) in [4.78, 5) is 0.152. The van der Waals surface area contributed by atoms with Crippen LogP contribution in [0, 0.1) is 0 Å². The molecule has 0 atom stereocenters. The van der Waals surface area contributed by atoms with E-state index >= 15 is 0 Å². The number of unbranched alkanes of at least 4 members (excludes halogenated alkanes) is 24. The molecule has 3 N–H and O–H groups in total. The summed E-state index contributed by atoms with van der Waals surface area (Å²) >= 11 is 0. The Kier molecular flexibility index (Phi) is 30.6. The topological polar surface area (TPSA) is 80.4 Å². The average Bonchev–Trinajstić information content (AvgIpc) is 3.12. The van der Waals surface area contributed by atoms with Crippen molar-refractivity contribution in [3.8, 4) is 0 Å². The van der Waals surface area contributed by atoms with Gasteiger partial charge in [0.25, 0.3) is 10.1 Å². The molecule has 0 amide bonds. The van der Waals surface area contributed by atoms with Gasteiger partial charge in [-0.25, -0.2) is 0 Å². The van der Waals surface area contributed by atoms with E-state index in [2.05, 4.69) is 39.0 Å². The van der Waals surface area contributed by atoms with E-state index in [-0.39, 0.29) is 4.90 Å². The number of benzene rings is 2. The first-order valence-electron chi connectivity index (χ1n) is 21.8. The molecule has 0 aromatic heterocycles. The van der Waals surface area contributed by atoms with E-state index in [4.69, 9.17) is 5.73 Å². The third-order valence-electron chi connectivity index (χ3n) is 10.3. The quantitative estimate of drug-likeness (QED) is 0.0447. The lowest BCUT2D eigenvalue weighted by Gasteiger charge is -2.17. The van der Waals surface area contributed by atoms with Gasteiger partial charge in [0, 0.05) is 5.39 Å². The molecule has 0 saturated heterocycles. The molecule has 0 aliphatic carbocycles. The second-order valence-corrected chi connectivity index (χ2v) is 16.4. The van der Waals surface area contributed by atoms with E-state index in [9.17, 15) is 13.0 Å². The molecular weight excluding hydrogens is 647 g/mol. The number of aryl methyl sites for hydroxylation is 1. The summed E-state index contributed by atoms with van der Waals surface area (Å²) in [5, 5.41) is 1.55. The Hall–Kier alpha value is -1.69. The van der Waals surface area contributed by atoms with Crippen LogP contribution in [0.25, 0.3) is 10.8 Å². The first-order valence-corrected chi connectivity index (χ1v) is 23.2. The number of fused-ring (bicyclic) bond motifs is 1. The van der Waals surface area contributed by atoms with Crippen molar-refractivity contribution in [2.75, 3.05) is 6.54 Å². The molecule has 0 spiro atoms. The molecule has 0 bridgehead atoms. The number of rotatable bonds is 32. The first kappa shape index (κ1) is 47.3. The van der Waals surface area contributed by atoms with E-state index < -0.39 is 10.1 Å². The standard InChI is InChI=1S/C28H44O3S.C18H37N/c1-3-5-7-9-11-13-15-19-24-23-25-20-17-18-22-27(25)28(32(29,30)31)26(24)21-16-14-12-10-8-6-4-2;1-2-3-4-5-6-7-8-9-10-11-12-13-14-15-16-17-18-19/h17-18,20,22-23H,3-16,19,21H2,1-2H3,(H,29,30,31);9-10H,2-8,11-19H2,1H3/b;10-9-. The summed E-state index contributed by atoms with van der Waals surface area (Å²) in [5.41, 5.74) is 7.43. The molecule has 294 valence electrons. The molecule has 5 heteroatoms. The minimum absolute atomic E-state index is 0.152. The molecule has 2 rings (SSSR count). The molecule has 2 aromatic carbocycles. The van der Waals surface area contributed by atoms with Crippen LogP contribution in [-0.2, 0) is 23.0 Å². The fourth-order valence-corrected chi connectivity index (χ4v) is 8.14. The molecule has 0 saturated carbocycles. The molecule has 0 radical (unpaired) electrons. The second kappa shape index (κ2) is 32.9. The van der Waals surface area contributed by atoms with Crippen LogP contribution in [0.5, 0.6) is 0 Å². The van der Waals surface area contributed by atoms with Crippen molar-refractivity contribution in [2.24, 2.45) is 5.73 Å². The van der Waals surface area contributed by atoms with Gasteiger partial charge < -0.3 is 5.73 Å². The van der Waals surface area contributed by atoms with E-state index in [0.717, 1.165) is 55.2 Å². The van der Waals surface area contributed by atoms with Gasteiger partial charge in [-0.05, 0) is 80.8 Å². The lowest BCUT2D eigenvalue weighted by molar-refractivity contribution is 0.482. The van der Waals surface area contributed by atoms with Crippen molar-refractivity contribution in [3.63, 3.8) is 0 Å². The maximum Gasteiger partial charge on any atom is 0.295 e. The molecule has 0 aliphatic rings. The average molecular weight is 728 g/mol. The van der Waals surface area contributed by atoms with Gasteiger partial charge in [-0.15, -0.1) is 0 Å². The highest BCUT2D eigenvalue weighted by Gasteiger charge is 2.22. The molecule has 2 aromatic rings. The second-order valence-electron chi connectivity index (χ2n) is 15.0. The Morgan fingerprint density at radius 3 is 1.43 bits per heavy atom. The highest BCUT2D eigenvalue weighted by molar-refractivity contribution is 7.86. The van der Waals surface area contributed by atoms with Crippen LogP contribution >= 0.6 is 0 Å². The van der Waals surface area contributed by atoms with Gasteiger partial charge in [-0.2, -0.15) is 8.42 Å². The Labute approximate surface area is 317 Å².